The highest BCUT2D eigenvalue weighted by Crippen LogP contribution is 2.26. The zero-order valence-corrected chi connectivity index (χ0v) is 16.9. The van der Waals surface area contributed by atoms with Crippen molar-refractivity contribution in [3.63, 3.8) is 0 Å². The maximum Gasteiger partial charge on any atom is 0.233 e. The second-order valence-electron chi connectivity index (χ2n) is 6.50. The Labute approximate surface area is 174 Å². The van der Waals surface area contributed by atoms with Crippen LogP contribution in [0.3, 0.4) is 0 Å². The maximum absolute atomic E-state index is 14.6. The molecule has 6 heteroatoms. The molecule has 2 N–H and O–H groups in total. The van der Waals surface area contributed by atoms with Crippen molar-refractivity contribution in [3.05, 3.63) is 84.2 Å². The first-order valence-corrected chi connectivity index (χ1v) is 9.49. The molecule has 0 bridgehead atoms. The summed E-state index contributed by atoms with van der Waals surface area (Å²) in [6.07, 6.45) is 0. The molecule has 3 rings (SSSR count). The van der Waals surface area contributed by atoms with E-state index in [1.54, 1.807) is 32.2 Å². The second kappa shape index (κ2) is 9.30. The molecule has 0 aliphatic heterocycles. The second-order valence-corrected chi connectivity index (χ2v) is 6.91. The average molecular weight is 408 g/mol. The molecule has 0 heterocycles. The van der Waals surface area contributed by atoms with Crippen molar-refractivity contribution in [2.75, 3.05) is 12.4 Å². The van der Waals surface area contributed by atoms with Crippen molar-refractivity contribution >= 4 is 28.9 Å². The van der Waals surface area contributed by atoms with Gasteiger partial charge in [-0.15, -0.1) is 0 Å². The Bertz CT molecular complexity index is 1020. The third-order valence-corrected chi connectivity index (χ3v) is 4.74. The van der Waals surface area contributed by atoms with Gasteiger partial charge in [-0.05, 0) is 48.5 Å². The summed E-state index contributed by atoms with van der Waals surface area (Å²) in [5, 5.41) is 5.75. The molecule has 1 unspecified atom stereocenters. The summed E-state index contributed by atoms with van der Waals surface area (Å²) in [6.45, 7) is 1.71. The van der Waals surface area contributed by atoms with Crippen LogP contribution in [0.15, 0.2) is 72.8 Å². The van der Waals surface area contributed by atoms with E-state index < -0.39 is 5.92 Å². The number of hydrogen-bond acceptors (Lipinski definition) is 3. The van der Waals surface area contributed by atoms with Crippen molar-refractivity contribution in [2.45, 2.75) is 12.8 Å². The van der Waals surface area contributed by atoms with Gasteiger partial charge in [0.1, 0.15) is 11.6 Å². The van der Waals surface area contributed by atoms with Crippen molar-refractivity contribution in [3.8, 4) is 16.9 Å². The summed E-state index contributed by atoms with van der Waals surface area (Å²) in [7, 11) is 1.57. The molecule has 0 spiro atoms. The van der Waals surface area contributed by atoms with E-state index in [1.807, 2.05) is 48.5 Å². The Morgan fingerprint density at radius 1 is 1.03 bits per heavy atom. The van der Waals surface area contributed by atoms with Gasteiger partial charge in [0.25, 0.3) is 0 Å². The lowest BCUT2D eigenvalue weighted by Gasteiger charge is -2.15. The molecule has 1 amide bonds. The molecule has 29 heavy (non-hydrogen) atoms. The molecular formula is C23H21FN2O2S. The Kier molecular flexibility index (Phi) is 6.57. The summed E-state index contributed by atoms with van der Waals surface area (Å²) in [5.74, 6) is -0.589. The molecule has 1 atom stereocenters. The number of carbonyl (C=O) groups is 1. The van der Waals surface area contributed by atoms with E-state index in [0.29, 0.717) is 22.6 Å². The first kappa shape index (κ1) is 20.5. The number of nitrogens with one attached hydrogen (secondary N) is 2. The molecule has 0 saturated carbocycles. The van der Waals surface area contributed by atoms with Crippen LogP contribution in [0.25, 0.3) is 11.1 Å². The van der Waals surface area contributed by atoms with Gasteiger partial charge in [0, 0.05) is 17.3 Å². The summed E-state index contributed by atoms with van der Waals surface area (Å²) in [4.78, 5) is 12.5. The van der Waals surface area contributed by atoms with Gasteiger partial charge in [0.2, 0.25) is 5.91 Å². The highest BCUT2D eigenvalue weighted by atomic mass is 32.1. The molecule has 0 aliphatic carbocycles. The molecular weight excluding hydrogens is 387 g/mol. The fraction of sp³-hybridized carbons (Fsp3) is 0.130. The van der Waals surface area contributed by atoms with Gasteiger partial charge in [-0.2, -0.15) is 0 Å². The monoisotopic (exact) mass is 408 g/mol. The average Bonchev–Trinajstić information content (AvgIpc) is 2.73. The predicted octanol–water partition coefficient (Wildman–Crippen LogP) is 5.12. The van der Waals surface area contributed by atoms with E-state index in [1.165, 1.54) is 6.07 Å². The van der Waals surface area contributed by atoms with E-state index in [0.717, 1.165) is 5.56 Å². The smallest absolute Gasteiger partial charge is 0.233 e. The highest BCUT2D eigenvalue weighted by Gasteiger charge is 2.18. The zero-order chi connectivity index (χ0) is 20.8. The molecule has 0 radical (unpaired) electrons. The fourth-order valence-electron chi connectivity index (χ4n) is 2.89. The predicted molar refractivity (Wildman–Crippen MR) is 118 cm³/mol. The van der Waals surface area contributed by atoms with Crippen LogP contribution >= 0.6 is 12.2 Å². The largest absolute Gasteiger partial charge is 0.497 e. The van der Waals surface area contributed by atoms with Gasteiger partial charge < -0.3 is 15.4 Å². The SMILES string of the molecule is COc1cccc(NC(=S)NC(=O)C(C)c2ccc(-c3ccccc3)c(F)c2)c1. The van der Waals surface area contributed by atoms with E-state index in [9.17, 15) is 9.18 Å². The van der Waals surface area contributed by atoms with Crippen molar-refractivity contribution in [2.24, 2.45) is 0 Å². The van der Waals surface area contributed by atoms with Crippen LogP contribution in [0.1, 0.15) is 18.4 Å². The number of rotatable bonds is 5. The van der Waals surface area contributed by atoms with Gasteiger partial charge in [0.05, 0.1) is 13.0 Å². The first-order chi connectivity index (χ1) is 14.0. The minimum Gasteiger partial charge on any atom is -0.497 e. The van der Waals surface area contributed by atoms with Crippen molar-refractivity contribution in [1.29, 1.82) is 0 Å². The van der Waals surface area contributed by atoms with Gasteiger partial charge in [-0.25, -0.2) is 4.39 Å². The summed E-state index contributed by atoms with van der Waals surface area (Å²) in [5.41, 5.74) is 2.55. The standard InChI is InChI=1S/C23H21FN2O2S/c1-15(17-11-12-20(21(24)13-17)16-7-4-3-5-8-16)22(27)26-23(29)25-18-9-6-10-19(14-18)28-2/h3-15H,1-2H3,(H2,25,26,27,29). The lowest BCUT2D eigenvalue weighted by molar-refractivity contribution is -0.120. The number of anilines is 1. The normalized spacial score (nSPS) is 11.4. The quantitative estimate of drug-likeness (QED) is 0.576. The van der Waals surface area contributed by atoms with E-state index in [4.69, 9.17) is 17.0 Å². The third kappa shape index (κ3) is 5.18. The topological polar surface area (TPSA) is 50.4 Å². The van der Waals surface area contributed by atoms with Crippen molar-refractivity contribution in [1.82, 2.24) is 5.32 Å². The van der Waals surface area contributed by atoms with Crippen LogP contribution in [0.5, 0.6) is 5.75 Å². The minimum atomic E-state index is -0.570. The lowest BCUT2D eigenvalue weighted by atomic mass is 9.96. The maximum atomic E-state index is 14.6. The molecule has 0 aliphatic rings. The van der Waals surface area contributed by atoms with E-state index >= 15 is 0 Å². The third-order valence-electron chi connectivity index (χ3n) is 4.54. The van der Waals surface area contributed by atoms with Crippen LogP contribution in [-0.4, -0.2) is 18.1 Å². The number of carbonyl (C=O) groups excluding carboxylic acids is 1. The molecule has 0 saturated heterocycles. The number of amides is 1. The summed E-state index contributed by atoms with van der Waals surface area (Å²) >= 11 is 5.21. The Hall–Kier alpha value is -3.25. The zero-order valence-electron chi connectivity index (χ0n) is 16.1. The summed E-state index contributed by atoms with van der Waals surface area (Å²) < 4.78 is 19.8. The molecule has 0 fully saturated rings. The number of thiocarbonyl (C=S) groups is 1. The van der Waals surface area contributed by atoms with Crippen LogP contribution in [0, 0.1) is 5.82 Å². The molecule has 148 valence electrons. The summed E-state index contributed by atoms with van der Waals surface area (Å²) in [6, 6.07) is 21.3. The van der Waals surface area contributed by atoms with Crippen LogP contribution < -0.4 is 15.4 Å². The first-order valence-electron chi connectivity index (χ1n) is 9.08. The Morgan fingerprint density at radius 2 is 1.79 bits per heavy atom. The van der Waals surface area contributed by atoms with Gasteiger partial charge in [0.15, 0.2) is 5.11 Å². The van der Waals surface area contributed by atoms with E-state index in [2.05, 4.69) is 10.6 Å². The van der Waals surface area contributed by atoms with E-state index in [-0.39, 0.29) is 16.8 Å². The minimum absolute atomic E-state index is 0.163. The van der Waals surface area contributed by atoms with Crippen LogP contribution in [0.4, 0.5) is 10.1 Å². The highest BCUT2D eigenvalue weighted by molar-refractivity contribution is 7.80. The van der Waals surface area contributed by atoms with Crippen LogP contribution in [0.2, 0.25) is 0 Å². The number of ether oxygens (including phenoxy) is 1. The number of benzene rings is 3. The van der Waals surface area contributed by atoms with Gasteiger partial charge >= 0.3 is 0 Å². The Morgan fingerprint density at radius 3 is 2.48 bits per heavy atom. The molecule has 3 aromatic carbocycles. The number of hydrogen-bond donors (Lipinski definition) is 2. The van der Waals surface area contributed by atoms with Crippen LogP contribution in [-0.2, 0) is 4.79 Å². The Balaban J connectivity index is 1.66. The molecule has 3 aromatic rings. The van der Waals surface area contributed by atoms with Gasteiger partial charge in [-0.3, -0.25) is 4.79 Å². The van der Waals surface area contributed by atoms with Gasteiger partial charge in [-0.1, -0.05) is 48.5 Å². The lowest BCUT2D eigenvalue weighted by Crippen LogP contribution is -2.36. The number of halogens is 1. The number of methoxy groups -OCH3 is 1. The molecule has 0 aromatic heterocycles. The fourth-order valence-corrected chi connectivity index (χ4v) is 3.11. The molecule has 4 nitrogen and oxygen atoms in total. The van der Waals surface area contributed by atoms with Crippen molar-refractivity contribution < 1.29 is 13.9 Å².